The number of rotatable bonds is 3. The molecule has 0 bridgehead atoms. The van der Waals surface area contributed by atoms with E-state index in [0.29, 0.717) is 36.9 Å². The molecule has 4 aromatic rings. The van der Waals surface area contributed by atoms with Crippen molar-refractivity contribution in [1.82, 2.24) is 24.3 Å². The Morgan fingerprint density at radius 1 is 1.21 bits per heavy atom. The minimum absolute atomic E-state index is 0.197. The van der Waals surface area contributed by atoms with Gasteiger partial charge in [-0.3, -0.25) is 14.0 Å². The van der Waals surface area contributed by atoms with E-state index in [4.69, 9.17) is 21.3 Å². The first kappa shape index (κ1) is 22.5. The number of morpholine rings is 1. The van der Waals surface area contributed by atoms with E-state index in [1.807, 2.05) is 20.2 Å². The van der Waals surface area contributed by atoms with Crippen molar-refractivity contribution in [3.8, 4) is 11.3 Å². The van der Waals surface area contributed by atoms with Crippen molar-refractivity contribution in [3.63, 3.8) is 0 Å². The van der Waals surface area contributed by atoms with Gasteiger partial charge in [0.1, 0.15) is 23.1 Å². The quantitative estimate of drug-likeness (QED) is 0.444. The maximum Gasteiger partial charge on any atom is 0.263 e. The summed E-state index contributed by atoms with van der Waals surface area (Å²) in [5.41, 5.74) is 0.960. The van der Waals surface area contributed by atoms with Gasteiger partial charge in [-0.1, -0.05) is 11.6 Å². The van der Waals surface area contributed by atoms with E-state index in [9.17, 15) is 9.18 Å². The largest absolute Gasteiger partial charge is 0.367 e. The molecule has 34 heavy (non-hydrogen) atoms. The van der Waals surface area contributed by atoms with Crippen LogP contribution in [0.4, 0.5) is 10.2 Å². The minimum atomic E-state index is -0.606. The number of benzene rings is 1. The fraction of sp³-hybridized carbons (Fsp3) is 0.333. The number of ether oxygens (including phenoxy) is 1. The second kappa shape index (κ2) is 8.18. The first-order chi connectivity index (χ1) is 16.2. The summed E-state index contributed by atoms with van der Waals surface area (Å²) >= 11 is 5.98. The number of anilines is 1. The zero-order valence-electron chi connectivity index (χ0n) is 19.3. The summed E-state index contributed by atoms with van der Waals surface area (Å²) in [4.78, 5) is 24.7. The van der Waals surface area contributed by atoms with E-state index in [0.717, 1.165) is 5.56 Å². The zero-order valence-corrected chi connectivity index (χ0v) is 20.1. The predicted molar refractivity (Wildman–Crippen MR) is 129 cm³/mol. The van der Waals surface area contributed by atoms with Crippen LogP contribution in [-0.4, -0.2) is 44.0 Å². The molecule has 3 aromatic heterocycles. The Balaban J connectivity index is 1.69. The van der Waals surface area contributed by atoms with E-state index >= 15 is 0 Å². The summed E-state index contributed by atoms with van der Waals surface area (Å²) in [7, 11) is 3.50. The molecule has 1 fully saturated rings. The molecule has 10 heteroatoms. The number of aryl methyl sites for hydroxylation is 2. The highest BCUT2D eigenvalue weighted by Gasteiger charge is 2.36. The van der Waals surface area contributed by atoms with Crippen molar-refractivity contribution in [1.29, 1.82) is 0 Å². The van der Waals surface area contributed by atoms with Gasteiger partial charge in [-0.05, 0) is 32.0 Å². The Morgan fingerprint density at radius 2 is 2.00 bits per heavy atom. The molecule has 8 nitrogen and oxygen atoms in total. The summed E-state index contributed by atoms with van der Waals surface area (Å²) in [5, 5.41) is 4.81. The third-order valence-electron chi connectivity index (χ3n) is 6.37. The van der Waals surface area contributed by atoms with Gasteiger partial charge in [0.15, 0.2) is 0 Å². The molecular formula is C24H24ClFN6O2. The van der Waals surface area contributed by atoms with Gasteiger partial charge in [0, 0.05) is 49.1 Å². The summed E-state index contributed by atoms with van der Waals surface area (Å²) in [6.07, 6.45) is 3.72. The smallest absolute Gasteiger partial charge is 0.263 e. The topological polar surface area (TPSA) is 78.1 Å². The Morgan fingerprint density at radius 3 is 2.71 bits per heavy atom. The highest BCUT2D eigenvalue weighted by molar-refractivity contribution is 6.30. The van der Waals surface area contributed by atoms with E-state index in [2.05, 4.69) is 15.0 Å². The van der Waals surface area contributed by atoms with Crippen LogP contribution in [0.5, 0.6) is 0 Å². The third kappa shape index (κ3) is 3.74. The first-order valence-corrected chi connectivity index (χ1v) is 11.3. The highest BCUT2D eigenvalue weighted by atomic mass is 35.5. The molecule has 5 rings (SSSR count). The Kier molecular flexibility index (Phi) is 5.41. The van der Waals surface area contributed by atoms with Crippen LogP contribution in [0.2, 0.25) is 5.02 Å². The summed E-state index contributed by atoms with van der Waals surface area (Å²) in [5.74, 6) is 0.595. The van der Waals surface area contributed by atoms with Crippen LogP contribution in [-0.2, 0) is 24.4 Å². The minimum Gasteiger partial charge on any atom is -0.367 e. The molecule has 1 saturated heterocycles. The van der Waals surface area contributed by atoms with Gasteiger partial charge in [0.25, 0.3) is 5.56 Å². The Bertz CT molecular complexity index is 1480. The molecule has 0 N–H and O–H groups in total. The van der Waals surface area contributed by atoms with Gasteiger partial charge in [0.05, 0.1) is 35.9 Å². The molecule has 0 aliphatic carbocycles. The lowest BCUT2D eigenvalue weighted by atomic mass is 9.97. The molecule has 0 unspecified atom stereocenters. The van der Waals surface area contributed by atoms with Crippen LogP contribution in [0.15, 0.2) is 41.5 Å². The van der Waals surface area contributed by atoms with Gasteiger partial charge >= 0.3 is 0 Å². The molecule has 4 heterocycles. The fourth-order valence-corrected chi connectivity index (χ4v) is 4.51. The van der Waals surface area contributed by atoms with Crippen LogP contribution < -0.4 is 10.5 Å². The van der Waals surface area contributed by atoms with Crippen molar-refractivity contribution in [2.45, 2.75) is 19.4 Å². The number of hydrogen-bond donors (Lipinski definition) is 0. The lowest BCUT2D eigenvalue weighted by Crippen LogP contribution is -2.48. The first-order valence-electron chi connectivity index (χ1n) is 10.9. The molecule has 1 aliphatic heterocycles. The van der Waals surface area contributed by atoms with Crippen molar-refractivity contribution in [2.75, 3.05) is 24.6 Å². The molecule has 0 amide bonds. The number of fused-ring (bicyclic) bond motifs is 1. The molecule has 0 spiro atoms. The fourth-order valence-electron chi connectivity index (χ4n) is 4.35. The van der Waals surface area contributed by atoms with E-state index in [1.165, 1.54) is 10.6 Å². The van der Waals surface area contributed by atoms with Crippen molar-refractivity contribution in [2.24, 2.45) is 14.1 Å². The van der Waals surface area contributed by atoms with E-state index in [1.54, 1.807) is 43.0 Å². The molecule has 1 atom stereocenters. The SMILES string of the molecule is Cc1nc2cc(N3CCO[C@@](C)(c4cnn(C)c4)C3)nc(-c3ccc(Cl)cc3F)c2c(=O)n1C. The highest BCUT2D eigenvalue weighted by Crippen LogP contribution is 2.34. The summed E-state index contributed by atoms with van der Waals surface area (Å²) < 4.78 is 24.3. The molecule has 0 radical (unpaired) electrons. The van der Waals surface area contributed by atoms with Gasteiger partial charge in [0.2, 0.25) is 0 Å². The normalized spacial score (nSPS) is 18.6. The third-order valence-corrected chi connectivity index (χ3v) is 6.61. The summed E-state index contributed by atoms with van der Waals surface area (Å²) in [6.45, 7) is 5.33. The van der Waals surface area contributed by atoms with Crippen LogP contribution in [0.1, 0.15) is 18.3 Å². The second-order valence-electron chi connectivity index (χ2n) is 8.77. The monoisotopic (exact) mass is 482 g/mol. The lowest BCUT2D eigenvalue weighted by Gasteiger charge is -2.40. The van der Waals surface area contributed by atoms with Gasteiger partial charge in [-0.25, -0.2) is 14.4 Å². The van der Waals surface area contributed by atoms with E-state index in [-0.39, 0.29) is 27.2 Å². The standard InChI is InChI=1S/C24H24ClFN6O2/c1-14-28-19-10-20(32-7-8-34-24(2,13-32)15-11-27-30(3)12-15)29-22(21(19)23(33)31(14)4)17-6-5-16(25)9-18(17)26/h5-6,9-12H,7-8,13H2,1-4H3/t24-/m1/s1. The van der Waals surface area contributed by atoms with Crippen molar-refractivity contribution >= 4 is 28.3 Å². The maximum absolute atomic E-state index is 15.0. The average Bonchev–Trinajstić information content (AvgIpc) is 3.24. The number of aromatic nitrogens is 5. The maximum atomic E-state index is 15.0. The van der Waals surface area contributed by atoms with Crippen molar-refractivity contribution in [3.05, 3.63) is 69.2 Å². The molecule has 0 saturated carbocycles. The number of halogens is 2. The molecule has 1 aliphatic rings. The van der Waals surface area contributed by atoms with Gasteiger partial charge in [-0.15, -0.1) is 0 Å². The average molecular weight is 483 g/mol. The van der Waals surface area contributed by atoms with Crippen molar-refractivity contribution < 1.29 is 9.13 Å². The summed E-state index contributed by atoms with van der Waals surface area (Å²) in [6, 6.07) is 6.13. The zero-order chi connectivity index (χ0) is 24.2. The second-order valence-corrected chi connectivity index (χ2v) is 9.21. The van der Waals surface area contributed by atoms with Gasteiger partial charge in [-0.2, -0.15) is 5.10 Å². The number of nitrogens with zero attached hydrogens (tertiary/aromatic N) is 6. The molecule has 176 valence electrons. The van der Waals surface area contributed by atoms with Gasteiger partial charge < -0.3 is 9.64 Å². The van der Waals surface area contributed by atoms with Crippen LogP contribution in [0.3, 0.4) is 0 Å². The van der Waals surface area contributed by atoms with Crippen LogP contribution in [0.25, 0.3) is 22.2 Å². The Hall–Kier alpha value is -3.30. The van der Waals surface area contributed by atoms with Crippen LogP contribution >= 0.6 is 11.6 Å². The van der Waals surface area contributed by atoms with E-state index < -0.39 is 11.4 Å². The Labute approximate surface area is 200 Å². The lowest BCUT2D eigenvalue weighted by molar-refractivity contribution is -0.0468. The number of hydrogen-bond acceptors (Lipinski definition) is 6. The van der Waals surface area contributed by atoms with Crippen LogP contribution in [0, 0.1) is 12.7 Å². The molecule has 1 aromatic carbocycles. The predicted octanol–water partition coefficient (Wildman–Crippen LogP) is 3.58. The number of pyridine rings is 1. The molecular weight excluding hydrogens is 459 g/mol.